The molecule has 0 aliphatic rings. The monoisotopic (exact) mass is 278 g/mol. The van der Waals surface area contributed by atoms with Gasteiger partial charge in [0.2, 0.25) is 5.89 Å². The molecule has 3 aromatic rings. The van der Waals surface area contributed by atoms with E-state index in [-0.39, 0.29) is 6.04 Å². The summed E-state index contributed by atoms with van der Waals surface area (Å²) in [5, 5.41) is 3.42. The van der Waals surface area contributed by atoms with E-state index in [1.807, 2.05) is 48.5 Å². The van der Waals surface area contributed by atoms with Crippen LogP contribution >= 0.6 is 0 Å². The zero-order valence-electron chi connectivity index (χ0n) is 12.0. The van der Waals surface area contributed by atoms with E-state index in [9.17, 15) is 0 Å². The van der Waals surface area contributed by atoms with Gasteiger partial charge in [-0.1, -0.05) is 60.7 Å². The van der Waals surface area contributed by atoms with E-state index in [4.69, 9.17) is 4.42 Å². The second kappa shape index (κ2) is 6.37. The first-order valence-electron chi connectivity index (χ1n) is 7.11. The Morgan fingerprint density at radius 2 is 1.67 bits per heavy atom. The van der Waals surface area contributed by atoms with E-state index in [1.54, 1.807) is 6.26 Å². The van der Waals surface area contributed by atoms with Crippen LogP contribution in [0.1, 0.15) is 24.4 Å². The summed E-state index contributed by atoms with van der Waals surface area (Å²) in [5.41, 5.74) is 3.20. The summed E-state index contributed by atoms with van der Waals surface area (Å²) in [6.07, 6.45) is 1.71. The third-order valence-electron chi connectivity index (χ3n) is 3.48. The van der Waals surface area contributed by atoms with Gasteiger partial charge in [0.1, 0.15) is 12.0 Å². The van der Waals surface area contributed by atoms with Crippen molar-refractivity contribution in [2.75, 3.05) is 0 Å². The third-order valence-corrected chi connectivity index (χ3v) is 3.48. The Morgan fingerprint density at radius 1 is 1.00 bits per heavy atom. The van der Waals surface area contributed by atoms with Crippen molar-refractivity contribution in [1.82, 2.24) is 10.3 Å². The Kier molecular flexibility index (Phi) is 4.12. The van der Waals surface area contributed by atoms with Gasteiger partial charge in [-0.15, -0.1) is 0 Å². The van der Waals surface area contributed by atoms with Crippen molar-refractivity contribution >= 4 is 0 Å². The Balaban J connectivity index is 1.63. The van der Waals surface area contributed by atoms with Gasteiger partial charge in [-0.2, -0.15) is 0 Å². The molecule has 0 fully saturated rings. The Labute approximate surface area is 124 Å². The molecular formula is C18H18N2O. The van der Waals surface area contributed by atoms with E-state index in [0.29, 0.717) is 12.4 Å². The number of nitrogens with zero attached hydrogens (tertiary/aromatic N) is 1. The molecule has 0 saturated carbocycles. The zero-order chi connectivity index (χ0) is 14.5. The molecule has 21 heavy (non-hydrogen) atoms. The van der Waals surface area contributed by atoms with Gasteiger partial charge in [-0.05, 0) is 12.5 Å². The lowest BCUT2D eigenvalue weighted by Gasteiger charge is -2.12. The summed E-state index contributed by atoms with van der Waals surface area (Å²) < 4.78 is 5.53. The molecule has 0 saturated heterocycles. The van der Waals surface area contributed by atoms with Crippen molar-refractivity contribution in [3.63, 3.8) is 0 Å². The molecule has 3 rings (SSSR count). The van der Waals surface area contributed by atoms with Gasteiger partial charge in [-0.25, -0.2) is 4.98 Å². The average Bonchev–Trinajstić information content (AvgIpc) is 3.03. The summed E-state index contributed by atoms with van der Waals surface area (Å²) in [4.78, 5) is 4.52. The van der Waals surface area contributed by atoms with E-state index >= 15 is 0 Å². The number of rotatable bonds is 5. The number of aromatic nitrogens is 1. The smallest absolute Gasteiger partial charge is 0.208 e. The van der Waals surface area contributed by atoms with Crippen LogP contribution in [0.3, 0.4) is 0 Å². The maximum Gasteiger partial charge on any atom is 0.208 e. The molecule has 1 atom stereocenters. The van der Waals surface area contributed by atoms with Gasteiger partial charge >= 0.3 is 0 Å². The Bertz CT molecular complexity index is 677. The van der Waals surface area contributed by atoms with Crippen LogP contribution in [0.15, 0.2) is 71.3 Å². The molecule has 1 N–H and O–H groups in total. The fourth-order valence-electron chi connectivity index (χ4n) is 2.23. The summed E-state index contributed by atoms with van der Waals surface area (Å²) in [6, 6.07) is 20.7. The fraction of sp³-hybridized carbons (Fsp3) is 0.167. The van der Waals surface area contributed by atoms with Crippen LogP contribution in [0, 0.1) is 0 Å². The normalized spacial score (nSPS) is 12.2. The van der Waals surface area contributed by atoms with Crippen LogP contribution < -0.4 is 5.32 Å². The van der Waals surface area contributed by atoms with Crippen LogP contribution in [0.2, 0.25) is 0 Å². The average molecular weight is 278 g/mol. The van der Waals surface area contributed by atoms with Crippen molar-refractivity contribution in [3.05, 3.63) is 78.4 Å². The first-order valence-corrected chi connectivity index (χ1v) is 7.11. The molecule has 0 bridgehead atoms. The van der Waals surface area contributed by atoms with Gasteiger partial charge in [-0.3, -0.25) is 0 Å². The minimum absolute atomic E-state index is 0.262. The first-order chi connectivity index (χ1) is 10.3. The fourth-order valence-corrected chi connectivity index (χ4v) is 2.23. The van der Waals surface area contributed by atoms with Crippen molar-refractivity contribution in [2.24, 2.45) is 0 Å². The van der Waals surface area contributed by atoms with Crippen LogP contribution in [0.5, 0.6) is 0 Å². The van der Waals surface area contributed by atoms with E-state index < -0.39 is 0 Å². The molecule has 1 aromatic heterocycles. The zero-order valence-corrected chi connectivity index (χ0v) is 12.0. The summed E-state index contributed by atoms with van der Waals surface area (Å²) in [6.45, 7) is 2.75. The minimum Gasteiger partial charge on any atom is -0.447 e. The predicted octanol–water partition coefficient (Wildman–Crippen LogP) is 4.19. The molecule has 0 aliphatic carbocycles. The highest BCUT2D eigenvalue weighted by Crippen LogP contribution is 2.18. The molecule has 0 unspecified atom stereocenters. The van der Waals surface area contributed by atoms with Crippen LogP contribution in [-0.4, -0.2) is 4.98 Å². The Hall–Kier alpha value is -2.39. The highest BCUT2D eigenvalue weighted by Gasteiger charge is 2.08. The lowest BCUT2D eigenvalue weighted by molar-refractivity contribution is 0.447. The van der Waals surface area contributed by atoms with Crippen molar-refractivity contribution < 1.29 is 4.42 Å². The van der Waals surface area contributed by atoms with Gasteiger partial charge in [0, 0.05) is 11.6 Å². The number of benzene rings is 2. The maximum atomic E-state index is 5.53. The summed E-state index contributed by atoms with van der Waals surface area (Å²) in [5.74, 6) is 0.705. The van der Waals surface area contributed by atoms with Crippen molar-refractivity contribution in [3.8, 4) is 11.3 Å². The van der Waals surface area contributed by atoms with E-state index in [0.717, 1.165) is 11.3 Å². The number of oxazole rings is 1. The quantitative estimate of drug-likeness (QED) is 0.760. The van der Waals surface area contributed by atoms with Crippen LogP contribution in [0.4, 0.5) is 0 Å². The molecule has 0 spiro atoms. The SMILES string of the molecule is C[C@@H](NCc1nc(-c2ccccc2)co1)c1ccccc1. The molecule has 0 aliphatic heterocycles. The van der Waals surface area contributed by atoms with E-state index in [2.05, 4.69) is 29.4 Å². The maximum absolute atomic E-state index is 5.53. The summed E-state index contributed by atoms with van der Waals surface area (Å²) in [7, 11) is 0. The first kappa shape index (κ1) is 13.6. The van der Waals surface area contributed by atoms with Gasteiger partial charge < -0.3 is 9.73 Å². The molecule has 3 nitrogen and oxygen atoms in total. The molecular weight excluding hydrogens is 260 g/mol. The molecule has 3 heteroatoms. The highest BCUT2D eigenvalue weighted by atomic mass is 16.3. The molecule has 2 aromatic carbocycles. The predicted molar refractivity (Wildman–Crippen MR) is 83.6 cm³/mol. The van der Waals surface area contributed by atoms with Crippen molar-refractivity contribution in [2.45, 2.75) is 19.5 Å². The summed E-state index contributed by atoms with van der Waals surface area (Å²) >= 11 is 0. The van der Waals surface area contributed by atoms with Gasteiger partial charge in [0.05, 0.1) is 6.54 Å². The van der Waals surface area contributed by atoms with Crippen LogP contribution in [0.25, 0.3) is 11.3 Å². The number of hydrogen-bond donors (Lipinski definition) is 1. The highest BCUT2D eigenvalue weighted by molar-refractivity contribution is 5.57. The lowest BCUT2D eigenvalue weighted by atomic mass is 10.1. The standard InChI is InChI=1S/C18H18N2O/c1-14(15-8-4-2-5-9-15)19-12-18-20-17(13-21-18)16-10-6-3-7-11-16/h2-11,13-14,19H,12H2,1H3/t14-/m1/s1. The molecule has 1 heterocycles. The molecule has 106 valence electrons. The lowest BCUT2D eigenvalue weighted by Crippen LogP contribution is -2.18. The third kappa shape index (κ3) is 3.38. The molecule has 0 radical (unpaired) electrons. The van der Waals surface area contributed by atoms with Gasteiger partial charge in [0.15, 0.2) is 0 Å². The molecule has 0 amide bonds. The second-order valence-corrected chi connectivity index (χ2v) is 5.01. The van der Waals surface area contributed by atoms with Gasteiger partial charge in [0.25, 0.3) is 0 Å². The second-order valence-electron chi connectivity index (χ2n) is 5.01. The number of hydrogen-bond acceptors (Lipinski definition) is 3. The number of nitrogens with one attached hydrogen (secondary N) is 1. The van der Waals surface area contributed by atoms with Crippen LogP contribution in [-0.2, 0) is 6.54 Å². The van der Waals surface area contributed by atoms with Crippen molar-refractivity contribution in [1.29, 1.82) is 0 Å². The van der Waals surface area contributed by atoms with E-state index in [1.165, 1.54) is 5.56 Å². The Morgan fingerprint density at radius 3 is 2.38 bits per heavy atom. The minimum atomic E-state index is 0.262. The topological polar surface area (TPSA) is 38.1 Å². The largest absolute Gasteiger partial charge is 0.447 e.